The summed E-state index contributed by atoms with van der Waals surface area (Å²) in [5.41, 5.74) is 5.95. The second-order valence-electron chi connectivity index (χ2n) is 5.07. The van der Waals surface area contributed by atoms with Crippen LogP contribution in [-0.2, 0) is 0 Å². The number of rotatable bonds is 3. The largest absolute Gasteiger partial charge is 0.383 e. The molecule has 1 unspecified atom stereocenters. The van der Waals surface area contributed by atoms with Crippen LogP contribution in [0.5, 0.6) is 0 Å². The van der Waals surface area contributed by atoms with Crippen molar-refractivity contribution >= 4 is 27.6 Å². The molecule has 3 N–H and O–H groups in total. The smallest absolute Gasteiger partial charge is 0.145 e. The van der Waals surface area contributed by atoms with Crippen LogP contribution in [0.2, 0.25) is 0 Å². The van der Waals surface area contributed by atoms with Crippen molar-refractivity contribution < 1.29 is 0 Å². The molecule has 0 aliphatic rings. The molecule has 16 heavy (non-hydrogen) atoms. The third kappa shape index (κ3) is 3.33. The van der Waals surface area contributed by atoms with Gasteiger partial charge in [-0.2, -0.15) is 0 Å². The first-order chi connectivity index (χ1) is 7.32. The van der Waals surface area contributed by atoms with Crippen LogP contribution in [0, 0.1) is 11.3 Å². The Morgan fingerprint density at radius 3 is 2.62 bits per heavy atom. The van der Waals surface area contributed by atoms with E-state index in [0.717, 1.165) is 16.8 Å². The maximum atomic E-state index is 5.67. The molecule has 4 nitrogen and oxygen atoms in total. The van der Waals surface area contributed by atoms with Gasteiger partial charge in [-0.15, -0.1) is 0 Å². The van der Waals surface area contributed by atoms with Crippen molar-refractivity contribution in [2.24, 2.45) is 11.3 Å². The minimum atomic E-state index is 0.276. The van der Waals surface area contributed by atoms with Gasteiger partial charge in [0.2, 0.25) is 0 Å². The number of hydrogen-bond donors (Lipinski definition) is 2. The first-order valence-corrected chi connectivity index (χ1v) is 6.11. The topological polar surface area (TPSA) is 63.8 Å². The first-order valence-electron chi connectivity index (χ1n) is 5.32. The Bertz CT molecular complexity index is 359. The Morgan fingerprint density at radius 1 is 1.44 bits per heavy atom. The average Bonchev–Trinajstić information content (AvgIpc) is 2.18. The lowest BCUT2D eigenvalue weighted by Gasteiger charge is -2.27. The van der Waals surface area contributed by atoms with Gasteiger partial charge in [0.1, 0.15) is 22.4 Å². The van der Waals surface area contributed by atoms with Crippen molar-refractivity contribution in [3.63, 3.8) is 0 Å². The second-order valence-corrected chi connectivity index (χ2v) is 5.86. The Morgan fingerprint density at radius 2 is 2.06 bits per heavy atom. The summed E-state index contributed by atoms with van der Waals surface area (Å²) in [6, 6.07) is 0. The van der Waals surface area contributed by atoms with Crippen molar-refractivity contribution in [2.75, 3.05) is 17.6 Å². The second kappa shape index (κ2) is 4.99. The van der Waals surface area contributed by atoms with Crippen LogP contribution < -0.4 is 11.1 Å². The van der Waals surface area contributed by atoms with Crippen molar-refractivity contribution in [3.05, 3.63) is 10.8 Å². The molecule has 0 saturated carbocycles. The summed E-state index contributed by atoms with van der Waals surface area (Å²) in [7, 11) is 0. The molecule has 1 aromatic rings. The molecule has 1 heterocycles. The number of nitrogen functional groups attached to an aromatic ring is 1. The molecule has 1 rings (SSSR count). The summed E-state index contributed by atoms with van der Waals surface area (Å²) in [6.45, 7) is 9.75. The van der Waals surface area contributed by atoms with E-state index in [1.165, 1.54) is 6.33 Å². The number of hydrogen-bond acceptors (Lipinski definition) is 4. The van der Waals surface area contributed by atoms with Gasteiger partial charge in [0.05, 0.1) is 0 Å². The molecule has 1 atom stereocenters. The van der Waals surface area contributed by atoms with Crippen molar-refractivity contribution in [1.29, 1.82) is 0 Å². The molecule has 0 fully saturated rings. The van der Waals surface area contributed by atoms with E-state index in [2.05, 4.69) is 58.9 Å². The number of nitrogens with zero attached hydrogens (tertiary/aromatic N) is 2. The Kier molecular flexibility index (Phi) is 4.13. The van der Waals surface area contributed by atoms with Gasteiger partial charge in [-0.3, -0.25) is 0 Å². The van der Waals surface area contributed by atoms with Crippen LogP contribution in [0.3, 0.4) is 0 Å². The van der Waals surface area contributed by atoms with Crippen LogP contribution in [-0.4, -0.2) is 16.5 Å². The zero-order valence-corrected chi connectivity index (χ0v) is 11.8. The lowest BCUT2D eigenvalue weighted by atomic mass is 9.82. The van der Waals surface area contributed by atoms with Gasteiger partial charge < -0.3 is 11.1 Å². The van der Waals surface area contributed by atoms with Gasteiger partial charge in [-0.05, 0) is 27.3 Å². The van der Waals surface area contributed by atoms with Gasteiger partial charge in [-0.1, -0.05) is 27.7 Å². The standard InChI is InChI=1S/C11H19BrN4/c1-7(11(2,3)4)5-14-10-8(12)9(13)15-6-16-10/h6-7H,5H2,1-4H3,(H3,13,14,15,16). The maximum absolute atomic E-state index is 5.67. The Balaban J connectivity index is 2.65. The van der Waals surface area contributed by atoms with E-state index in [1.807, 2.05) is 0 Å². The third-order valence-corrected chi connectivity index (χ3v) is 3.65. The first kappa shape index (κ1) is 13.2. The summed E-state index contributed by atoms with van der Waals surface area (Å²) in [6.07, 6.45) is 1.46. The van der Waals surface area contributed by atoms with Crippen molar-refractivity contribution in [3.8, 4) is 0 Å². The zero-order valence-electron chi connectivity index (χ0n) is 10.2. The van der Waals surface area contributed by atoms with Gasteiger partial charge in [-0.25, -0.2) is 9.97 Å². The van der Waals surface area contributed by atoms with Crippen LogP contribution in [0.1, 0.15) is 27.7 Å². The molecule has 0 aliphatic heterocycles. The highest BCUT2D eigenvalue weighted by molar-refractivity contribution is 9.10. The Labute approximate surface area is 105 Å². The number of aromatic nitrogens is 2. The van der Waals surface area contributed by atoms with Crippen LogP contribution in [0.15, 0.2) is 10.8 Å². The molecular weight excluding hydrogens is 268 g/mol. The monoisotopic (exact) mass is 286 g/mol. The third-order valence-electron chi connectivity index (χ3n) is 2.87. The molecule has 0 aromatic carbocycles. The van der Waals surface area contributed by atoms with Crippen LogP contribution in [0.25, 0.3) is 0 Å². The fourth-order valence-electron chi connectivity index (χ4n) is 1.06. The molecule has 90 valence electrons. The lowest BCUT2D eigenvalue weighted by Crippen LogP contribution is -2.25. The van der Waals surface area contributed by atoms with Gasteiger partial charge in [0.15, 0.2) is 0 Å². The molecule has 0 amide bonds. The normalized spacial score (nSPS) is 13.6. The average molecular weight is 287 g/mol. The molecule has 5 heteroatoms. The number of halogens is 1. The highest BCUT2D eigenvalue weighted by Crippen LogP contribution is 2.28. The van der Waals surface area contributed by atoms with E-state index in [0.29, 0.717) is 11.7 Å². The fraction of sp³-hybridized carbons (Fsp3) is 0.636. The quantitative estimate of drug-likeness (QED) is 0.897. The number of nitrogens with two attached hydrogens (primary N) is 1. The van der Waals surface area contributed by atoms with Crippen LogP contribution in [0.4, 0.5) is 11.6 Å². The van der Waals surface area contributed by atoms with E-state index in [-0.39, 0.29) is 5.41 Å². The fourth-order valence-corrected chi connectivity index (χ4v) is 1.41. The predicted molar refractivity (Wildman–Crippen MR) is 71.3 cm³/mol. The molecule has 0 spiro atoms. The molecule has 0 radical (unpaired) electrons. The summed E-state index contributed by atoms with van der Waals surface area (Å²) >= 11 is 3.37. The summed E-state index contributed by atoms with van der Waals surface area (Å²) < 4.78 is 0.733. The summed E-state index contributed by atoms with van der Waals surface area (Å²) in [5, 5.41) is 3.28. The summed E-state index contributed by atoms with van der Waals surface area (Å²) in [4.78, 5) is 8.04. The van der Waals surface area contributed by atoms with Crippen molar-refractivity contribution in [2.45, 2.75) is 27.7 Å². The maximum Gasteiger partial charge on any atom is 0.145 e. The molecule has 0 saturated heterocycles. The molecule has 1 aromatic heterocycles. The van der Waals surface area contributed by atoms with Gasteiger partial charge in [0, 0.05) is 6.54 Å². The zero-order chi connectivity index (χ0) is 12.3. The SMILES string of the molecule is CC(CNc1ncnc(N)c1Br)C(C)(C)C. The Hall–Kier alpha value is -0.840. The highest BCUT2D eigenvalue weighted by atomic mass is 79.9. The van der Waals surface area contributed by atoms with E-state index < -0.39 is 0 Å². The van der Waals surface area contributed by atoms with Gasteiger partial charge >= 0.3 is 0 Å². The summed E-state index contributed by atoms with van der Waals surface area (Å²) in [5.74, 6) is 1.75. The van der Waals surface area contributed by atoms with E-state index in [9.17, 15) is 0 Å². The van der Waals surface area contributed by atoms with E-state index >= 15 is 0 Å². The number of nitrogens with one attached hydrogen (secondary N) is 1. The minimum Gasteiger partial charge on any atom is -0.383 e. The molecular formula is C11H19BrN4. The minimum absolute atomic E-state index is 0.276. The lowest BCUT2D eigenvalue weighted by molar-refractivity contribution is 0.274. The highest BCUT2D eigenvalue weighted by Gasteiger charge is 2.20. The van der Waals surface area contributed by atoms with Gasteiger partial charge in [0.25, 0.3) is 0 Å². The van der Waals surface area contributed by atoms with E-state index in [1.54, 1.807) is 0 Å². The van der Waals surface area contributed by atoms with E-state index in [4.69, 9.17) is 5.73 Å². The van der Waals surface area contributed by atoms with Crippen LogP contribution >= 0.6 is 15.9 Å². The predicted octanol–water partition coefficient (Wildman–Crippen LogP) is 2.92. The van der Waals surface area contributed by atoms with Crippen molar-refractivity contribution in [1.82, 2.24) is 9.97 Å². The molecule has 0 bridgehead atoms. The number of anilines is 2. The molecule has 0 aliphatic carbocycles.